The maximum absolute atomic E-state index is 12.9. The van der Waals surface area contributed by atoms with Gasteiger partial charge in [-0.05, 0) is 46.3 Å². The zero-order valence-corrected chi connectivity index (χ0v) is 11.9. The number of halogens is 2. The molecule has 2 aromatic carbocycles. The number of nitrogens with one attached hydrogen (secondary N) is 1. The third kappa shape index (κ3) is 3.05. The van der Waals surface area contributed by atoms with Crippen LogP contribution >= 0.6 is 15.9 Å². The van der Waals surface area contributed by atoms with E-state index in [1.54, 1.807) is 0 Å². The summed E-state index contributed by atoms with van der Waals surface area (Å²) in [7, 11) is -3.93. The Balaban J connectivity index is 2.40. The summed E-state index contributed by atoms with van der Waals surface area (Å²) in [5.41, 5.74) is 0.185. The maximum atomic E-state index is 12.9. The molecule has 0 aliphatic carbocycles. The van der Waals surface area contributed by atoms with Crippen molar-refractivity contribution in [1.29, 1.82) is 0 Å². The molecule has 7 heteroatoms. The highest BCUT2D eigenvalue weighted by Gasteiger charge is 2.19. The van der Waals surface area contributed by atoms with Crippen molar-refractivity contribution in [3.05, 3.63) is 52.8 Å². The van der Waals surface area contributed by atoms with Crippen LogP contribution in [0.15, 0.2) is 51.8 Å². The Kier molecular flexibility index (Phi) is 3.77. The normalized spacial score (nSPS) is 11.3. The predicted octanol–water partition coefficient (Wildman–Crippen LogP) is 3.09. The van der Waals surface area contributed by atoms with Crippen molar-refractivity contribution in [1.82, 2.24) is 0 Å². The minimum absolute atomic E-state index is 0.185. The largest absolute Gasteiger partial charge is 0.507 e. The number of hydrogen-bond acceptors (Lipinski definition) is 3. The van der Waals surface area contributed by atoms with Crippen molar-refractivity contribution < 1.29 is 17.9 Å². The van der Waals surface area contributed by atoms with Gasteiger partial charge in [0.25, 0.3) is 10.0 Å². The highest BCUT2D eigenvalue weighted by Crippen LogP contribution is 2.28. The average Bonchev–Trinajstić information content (AvgIpc) is 2.33. The van der Waals surface area contributed by atoms with E-state index in [1.165, 1.54) is 30.3 Å². The molecule has 0 amide bonds. The van der Waals surface area contributed by atoms with Crippen LogP contribution in [0.4, 0.5) is 10.1 Å². The smallest absolute Gasteiger partial charge is 0.265 e. The van der Waals surface area contributed by atoms with Crippen LogP contribution in [0.25, 0.3) is 0 Å². The van der Waals surface area contributed by atoms with Crippen molar-refractivity contribution >= 4 is 31.6 Å². The van der Waals surface area contributed by atoms with E-state index in [9.17, 15) is 17.9 Å². The van der Waals surface area contributed by atoms with E-state index in [0.29, 0.717) is 0 Å². The number of sulfonamides is 1. The lowest BCUT2D eigenvalue weighted by Crippen LogP contribution is -2.13. The highest BCUT2D eigenvalue weighted by molar-refractivity contribution is 9.10. The third-order valence-electron chi connectivity index (χ3n) is 2.33. The summed E-state index contributed by atoms with van der Waals surface area (Å²) in [5.74, 6) is -0.842. The molecule has 0 saturated heterocycles. The summed E-state index contributed by atoms with van der Waals surface area (Å²) < 4.78 is 39.6. The van der Waals surface area contributed by atoms with Crippen molar-refractivity contribution in [2.24, 2.45) is 0 Å². The van der Waals surface area contributed by atoms with E-state index < -0.39 is 15.8 Å². The second-order valence-electron chi connectivity index (χ2n) is 3.70. The molecule has 0 aliphatic rings. The van der Waals surface area contributed by atoms with Gasteiger partial charge in [0.15, 0.2) is 0 Å². The molecule has 0 bridgehead atoms. The van der Waals surface area contributed by atoms with Crippen LogP contribution in [-0.4, -0.2) is 13.5 Å². The van der Waals surface area contributed by atoms with Gasteiger partial charge in [-0.2, -0.15) is 0 Å². The molecule has 0 fully saturated rings. The van der Waals surface area contributed by atoms with Gasteiger partial charge in [-0.3, -0.25) is 4.72 Å². The fourth-order valence-electron chi connectivity index (χ4n) is 1.46. The number of rotatable bonds is 3. The first kappa shape index (κ1) is 13.8. The van der Waals surface area contributed by atoms with E-state index in [1.807, 2.05) is 0 Å². The van der Waals surface area contributed by atoms with Crippen LogP contribution in [0.3, 0.4) is 0 Å². The van der Waals surface area contributed by atoms with Crippen molar-refractivity contribution in [2.45, 2.75) is 4.90 Å². The van der Waals surface area contributed by atoms with E-state index in [-0.39, 0.29) is 20.8 Å². The summed E-state index contributed by atoms with van der Waals surface area (Å²) in [4.78, 5) is -0.244. The topological polar surface area (TPSA) is 66.4 Å². The molecular weight excluding hydrogens is 337 g/mol. The summed E-state index contributed by atoms with van der Waals surface area (Å²) in [6.45, 7) is 0. The minimum atomic E-state index is -3.93. The number of anilines is 1. The molecule has 0 atom stereocenters. The van der Waals surface area contributed by atoms with Crippen LogP contribution in [-0.2, 0) is 10.0 Å². The second-order valence-corrected chi connectivity index (χ2v) is 6.20. The standard InChI is InChI=1S/C12H9BrFNO3S/c13-9-7-8(14)5-6-10(9)15-19(17,18)12-4-2-1-3-11(12)16/h1-7,15-16H. The Bertz CT molecular complexity index is 719. The molecule has 0 unspecified atom stereocenters. The molecule has 0 heterocycles. The Hall–Kier alpha value is -1.60. The maximum Gasteiger partial charge on any atom is 0.265 e. The van der Waals surface area contributed by atoms with Gasteiger partial charge in [0.2, 0.25) is 0 Å². The summed E-state index contributed by atoms with van der Waals surface area (Å²) in [5, 5.41) is 9.55. The number of benzene rings is 2. The van der Waals surface area contributed by atoms with Gasteiger partial charge in [0.1, 0.15) is 16.5 Å². The van der Waals surface area contributed by atoms with E-state index in [4.69, 9.17) is 0 Å². The minimum Gasteiger partial charge on any atom is -0.507 e. The fourth-order valence-corrected chi connectivity index (χ4v) is 3.22. The van der Waals surface area contributed by atoms with Gasteiger partial charge < -0.3 is 5.11 Å². The van der Waals surface area contributed by atoms with Crippen LogP contribution in [0, 0.1) is 5.82 Å². The molecule has 19 heavy (non-hydrogen) atoms. The Morgan fingerprint density at radius 2 is 1.84 bits per heavy atom. The summed E-state index contributed by atoms with van der Waals surface area (Å²) >= 11 is 3.06. The molecule has 2 N–H and O–H groups in total. The predicted molar refractivity (Wildman–Crippen MR) is 73.0 cm³/mol. The van der Waals surface area contributed by atoms with Gasteiger partial charge in [0.05, 0.1) is 5.69 Å². The molecule has 0 saturated carbocycles. The molecule has 2 rings (SSSR count). The first-order valence-electron chi connectivity index (χ1n) is 5.16. The number of phenols is 1. The molecule has 100 valence electrons. The molecule has 0 aliphatic heterocycles. The van der Waals surface area contributed by atoms with Gasteiger partial charge >= 0.3 is 0 Å². The lowest BCUT2D eigenvalue weighted by Gasteiger charge is -2.10. The molecule has 0 spiro atoms. The van der Waals surface area contributed by atoms with Crippen LogP contribution in [0.5, 0.6) is 5.75 Å². The molecular formula is C12H9BrFNO3S. The Labute approximate surface area is 118 Å². The average molecular weight is 346 g/mol. The quantitative estimate of drug-likeness (QED) is 0.898. The summed E-state index contributed by atoms with van der Waals surface area (Å²) in [6.07, 6.45) is 0. The molecule has 0 radical (unpaired) electrons. The van der Waals surface area contributed by atoms with Gasteiger partial charge in [-0.15, -0.1) is 0 Å². The van der Waals surface area contributed by atoms with Gasteiger partial charge in [0, 0.05) is 4.47 Å². The molecule has 0 aromatic heterocycles. The van der Waals surface area contributed by atoms with E-state index >= 15 is 0 Å². The zero-order valence-electron chi connectivity index (χ0n) is 9.47. The molecule has 4 nitrogen and oxygen atoms in total. The van der Waals surface area contributed by atoms with Crippen LogP contribution < -0.4 is 4.72 Å². The van der Waals surface area contributed by atoms with Gasteiger partial charge in [-0.1, -0.05) is 12.1 Å². The summed E-state index contributed by atoms with van der Waals surface area (Å²) in [6, 6.07) is 9.12. The second kappa shape index (κ2) is 5.18. The van der Waals surface area contributed by atoms with Crippen molar-refractivity contribution in [3.8, 4) is 5.75 Å². The van der Waals surface area contributed by atoms with Crippen molar-refractivity contribution in [3.63, 3.8) is 0 Å². The lowest BCUT2D eigenvalue weighted by atomic mass is 10.3. The van der Waals surface area contributed by atoms with E-state index in [0.717, 1.165) is 12.1 Å². The first-order chi connectivity index (χ1) is 8.90. The lowest BCUT2D eigenvalue weighted by molar-refractivity contribution is 0.459. The Morgan fingerprint density at radius 1 is 1.16 bits per heavy atom. The third-order valence-corrected chi connectivity index (χ3v) is 4.40. The monoisotopic (exact) mass is 345 g/mol. The van der Waals surface area contributed by atoms with Crippen LogP contribution in [0.1, 0.15) is 0 Å². The van der Waals surface area contributed by atoms with Crippen molar-refractivity contribution in [2.75, 3.05) is 4.72 Å². The number of aromatic hydroxyl groups is 1. The number of hydrogen-bond donors (Lipinski definition) is 2. The fraction of sp³-hybridized carbons (Fsp3) is 0. The zero-order chi connectivity index (χ0) is 14.0. The highest BCUT2D eigenvalue weighted by atomic mass is 79.9. The Morgan fingerprint density at radius 3 is 2.47 bits per heavy atom. The van der Waals surface area contributed by atoms with Crippen LogP contribution in [0.2, 0.25) is 0 Å². The number of para-hydroxylation sites is 1. The van der Waals surface area contributed by atoms with Gasteiger partial charge in [-0.25, -0.2) is 12.8 Å². The SMILES string of the molecule is O=S(=O)(Nc1ccc(F)cc1Br)c1ccccc1O. The molecule has 2 aromatic rings. The van der Waals surface area contributed by atoms with E-state index in [2.05, 4.69) is 20.7 Å². The first-order valence-corrected chi connectivity index (χ1v) is 7.43. The number of phenolic OH excluding ortho intramolecular Hbond substituents is 1.